The molecule has 0 amide bonds. The zero-order chi connectivity index (χ0) is 11.1. The molecule has 2 aliphatic rings. The SMILES string of the molecule is CC(=O)CC1CCC2CC(=O)OC12CI. The molecule has 3 unspecified atom stereocenters. The van der Waals surface area contributed by atoms with Crippen LogP contribution in [0, 0.1) is 11.8 Å². The normalized spacial score (nSPS) is 38.9. The minimum absolute atomic E-state index is 0.0788. The van der Waals surface area contributed by atoms with E-state index < -0.39 is 0 Å². The van der Waals surface area contributed by atoms with Crippen LogP contribution in [0.4, 0.5) is 0 Å². The molecule has 0 aromatic carbocycles. The fourth-order valence-corrected chi connectivity index (χ4v) is 4.39. The molecular weight excluding hydrogens is 307 g/mol. The molecule has 1 saturated carbocycles. The zero-order valence-electron chi connectivity index (χ0n) is 8.79. The maximum atomic E-state index is 11.3. The van der Waals surface area contributed by atoms with Crippen LogP contribution in [-0.2, 0) is 14.3 Å². The molecule has 0 spiro atoms. The summed E-state index contributed by atoms with van der Waals surface area (Å²) >= 11 is 2.28. The van der Waals surface area contributed by atoms with E-state index in [9.17, 15) is 9.59 Å². The lowest BCUT2D eigenvalue weighted by atomic mass is 9.84. The highest BCUT2D eigenvalue weighted by Gasteiger charge is 2.57. The maximum Gasteiger partial charge on any atom is 0.306 e. The molecule has 1 saturated heterocycles. The second kappa shape index (κ2) is 4.03. The van der Waals surface area contributed by atoms with Gasteiger partial charge in [0, 0.05) is 22.7 Å². The second-order valence-electron chi connectivity index (χ2n) is 4.64. The lowest BCUT2D eigenvalue weighted by Gasteiger charge is -2.31. The number of ether oxygens (including phenoxy) is 1. The van der Waals surface area contributed by atoms with Crippen molar-refractivity contribution in [2.75, 3.05) is 4.43 Å². The summed E-state index contributed by atoms with van der Waals surface area (Å²) < 4.78 is 6.36. The number of hydrogen-bond donors (Lipinski definition) is 0. The van der Waals surface area contributed by atoms with Crippen LogP contribution in [0.2, 0.25) is 0 Å². The topological polar surface area (TPSA) is 43.4 Å². The van der Waals surface area contributed by atoms with Gasteiger partial charge in [-0.3, -0.25) is 4.79 Å². The summed E-state index contributed by atoms with van der Waals surface area (Å²) in [5.74, 6) is 0.729. The Morgan fingerprint density at radius 2 is 2.33 bits per heavy atom. The molecule has 3 nitrogen and oxygen atoms in total. The Kier molecular flexibility index (Phi) is 3.05. The first-order chi connectivity index (χ1) is 7.08. The Morgan fingerprint density at radius 3 is 2.93 bits per heavy atom. The predicted molar refractivity (Wildman–Crippen MR) is 63.8 cm³/mol. The van der Waals surface area contributed by atoms with Gasteiger partial charge in [-0.25, -0.2) is 0 Å². The Bertz CT molecular complexity index is 302. The summed E-state index contributed by atoms with van der Waals surface area (Å²) in [6.07, 6.45) is 3.18. The van der Waals surface area contributed by atoms with Crippen molar-refractivity contribution in [2.45, 2.75) is 38.2 Å². The molecule has 4 heteroatoms. The van der Waals surface area contributed by atoms with E-state index in [0.717, 1.165) is 17.3 Å². The molecule has 0 bridgehead atoms. The molecule has 0 aromatic heterocycles. The third-order valence-electron chi connectivity index (χ3n) is 3.71. The van der Waals surface area contributed by atoms with Crippen LogP contribution in [0.3, 0.4) is 0 Å². The number of Topliss-reactive ketones (excluding diaryl/α,β-unsaturated/α-hetero) is 1. The number of hydrogen-bond acceptors (Lipinski definition) is 3. The number of carbonyl (C=O) groups is 2. The molecule has 2 rings (SSSR count). The van der Waals surface area contributed by atoms with Crippen LogP contribution in [0.1, 0.15) is 32.6 Å². The molecule has 3 atom stereocenters. The van der Waals surface area contributed by atoms with E-state index in [0.29, 0.717) is 18.8 Å². The maximum absolute atomic E-state index is 11.3. The van der Waals surface area contributed by atoms with Crippen LogP contribution in [0.5, 0.6) is 0 Å². The molecule has 2 fully saturated rings. The fraction of sp³-hybridized carbons (Fsp3) is 0.818. The first-order valence-electron chi connectivity index (χ1n) is 5.35. The monoisotopic (exact) mass is 322 g/mol. The molecule has 84 valence electrons. The number of rotatable bonds is 3. The summed E-state index contributed by atoms with van der Waals surface area (Å²) in [6, 6.07) is 0. The number of halogens is 1. The fourth-order valence-electron chi connectivity index (χ4n) is 2.99. The van der Waals surface area contributed by atoms with Gasteiger partial charge in [0.2, 0.25) is 0 Å². The van der Waals surface area contributed by atoms with Gasteiger partial charge in [0.25, 0.3) is 0 Å². The van der Waals surface area contributed by atoms with Crippen LogP contribution >= 0.6 is 22.6 Å². The molecule has 0 aromatic rings. The zero-order valence-corrected chi connectivity index (χ0v) is 11.0. The molecule has 15 heavy (non-hydrogen) atoms. The lowest BCUT2D eigenvalue weighted by molar-refractivity contribution is -0.151. The van der Waals surface area contributed by atoms with Gasteiger partial charge in [0.05, 0.1) is 6.42 Å². The summed E-state index contributed by atoms with van der Waals surface area (Å²) in [4.78, 5) is 22.5. The molecule has 1 aliphatic heterocycles. The van der Waals surface area contributed by atoms with E-state index in [1.807, 2.05) is 0 Å². The Morgan fingerprint density at radius 1 is 1.60 bits per heavy atom. The number of fused-ring (bicyclic) bond motifs is 1. The highest BCUT2D eigenvalue weighted by Crippen LogP contribution is 2.51. The van der Waals surface area contributed by atoms with Crippen molar-refractivity contribution in [3.05, 3.63) is 0 Å². The van der Waals surface area contributed by atoms with E-state index >= 15 is 0 Å². The number of esters is 1. The van der Waals surface area contributed by atoms with E-state index in [2.05, 4.69) is 22.6 Å². The van der Waals surface area contributed by atoms with Crippen molar-refractivity contribution >= 4 is 34.3 Å². The summed E-state index contributed by atoms with van der Waals surface area (Å²) in [5, 5.41) is 0. The largest absolute Gasteiger partial charge is 0.458 e. The van der Waals surface area contributed by atoms with Crippen molar-refractivity contribution in [1.29, 1.82) is 0 Å². The first-order valence-corrected chi connectivity index (χ1v) is 6.88. The van der Waals surface area contributed by atoms with Crippen molar-refractivity contribution in [1.82, 2.24) is 0 Å². The van der Waals surface area contributed by atoms with Gasteiger partial charge in [0.15, 0.2) is 0 Å². The Labute approximate surface area is 103 Å². The lowest BCUT2D eigenvalue weighted by Crippen LogP contribution is -2.40. The van der Waals surface area contributed by atoms with E-state index in [1.54, 1.807) is 6.92 Å². The van der Waals surface area contributed by atoms with Crippen LogP contribution in [-0.4, -0.2) is 21.8 Å². The predicted octanol–water partition coefficient (Wildman–Crippen LogP) is 2.11. The van der Waals surface area contributed by atoms with E-state index in [-0.39, 0.29) is 23.3 Å². The van der Waals surface area contributed by atoms with Crippen LogP contribution in [0.25, 0.3) is 0 Å². The number of alkyl halides is 1. The molecule has 0 N–H and O–H groups in total. The van der Waals surface area contributed by atoms with E-state index in [4.69, 9.17) is 4.74 Å². The van der Waals surface area contributed by atoms with Gasteiger partial charge in [-0.05, 0) is 19.8 Å². The number of ketones is 1. The summed E-state index contributed by atoms with van der Waals surface area (Å²) in [5.41, 5.74) is -0.316. The standard InChI is InChI=1S/C11H15IO3/c1-7(13)4-8-2-3-9-5-10(14)15-11(8,9)6-12/h8-9H,2-6H2,1H3. The smallest absolute Gasteiger partial charge is 0.306 e. The molecular formula is C11H15IO3. The van der Waals surface area contributed by atoms with Crippen molar-refractivity contribution in [2.24, 2.45) is 11.8 Å². The molecule has 1 aliphatic carbocycles. The molecule has 0 radical (unpaired) electrons. The van der Waals surface area contributed by atoms with Crippen LogP contribution in [0.15, 0.2) is 0 Å². The van der Waals surface area contributed by atoms with E-state index in [1.165, 1.54) is 0 Å². The third kappa shape index (κ3) is 1.81. The van der Waals surface area contributed by atoms with Gasteiger partial charge < -0.3 is 9.53 Å². The highest BCUT2D eigenvalue weighted by atomic mass is 127. The Hall–Kier alpha value is -0.130. The Balaban J connectivity index is 2.20. The average Bonchev–Trinajstić information content (AvgIpc) is 2.62. The van der Waals surface area contributed by atoms with Gasteiger partial charge >= 0.3 is 5.97 Å². The average molecular weight is 322 g/mol. The van der Waals surface area contributed by atoms with Crippen molar-refractivity contribution in [3.8, 4) is 0 Å². The van der Waals surface area contributed by atoms with Crippen molar-refractivity contribution in [3.63, 3.8) is 0 Å². The van der Waals surface area contributed by atoms with Crippen molar-refractivity contribution < 1.29 is 14.3 Å². The summed E-state index contributed by atoms with van der Waals surface area (Å²) in [6.45, 7) is 1.62. The quantitative estimate of drug-likeness (QED) is 0.454. The summed E-state index contributed by atoms with van der Waals surface area (Å²) in [7, 11) is 0. The molecule has 1 heterocycles. The number of carbonyl (C=O) groups excluding carboxylic acids is 2. The third-order valence-corrected chi connectivity index (χ3v) is 4.90. The minimum atomic E-state index is -0.316. The van der Waals surface area contributed by atoms with Gasteiger partial charge in [-0.2, -0.15) is 0 Å². The second-order valence-corrected chi connectivity index (χ2v) is 5.41. The van der Waals surface area contributed by atoms with Crippen LogP contribution < -0.4 is 0 Å². The van der Waals surface area contributed by atoms with Gasteiger partial charge in [0.1, 0.15) is 11.4 Å². The highest BCUT2D eigenvalue weighted by molar-refractivity contribution is 14.1. The first kappa shape index (κ1) is 11.4. The van der Waals surface area contributed by atoms with Gasteiger partial charge in [-0.1, -0.05) is 22.6 Å². The van der Waals surface area contributed by atoms with Gasteiger partial charge in [-0.15, -0.1) is 0 Å². The minimum Gasteiger partial charge on any atom is -0.458 e.